The van der Waals surface area contributed by atoms with Crippen molar-refractivity contribution in [3.05, 3.63) is 29.3 Å². The largest absolute Gasteiger partial charge is 0.443 e. The minimum atomic E-state index is -0.699. The summed E-state index contributed by atoms with van der Waals surface area (Å²) in [4.78, 5) is 11.6. The van der Waals surface area contributed by atoms with E-state index in [0.29, 0.717) is 17.7 Å². The fourth-order valence-corrected chi connectivity index (χ4v) is 1.17. The van der Waals surface area contributed by atoms with Crippen LogP contribution in [0.15, 0.2) is 18.2 Å². The first-order chi connectivity index (χ1) is 7.58. The maximum atomic E-state index is 11.6. The third kappa shape index (κ3) is 2.74. The zero-order chi connectivity index (χ0) is 12.1. The number of nitrogen functional groups attached to an aromatic ring is 1. The minimum Gasteiger partial charge on any atom is -0.443 e. The molecule has 1 atom stereocenters. The van der Waals surface area contributed by atoms with Gasteiger partial charge in [-0.3, -0.25) is 0 Å². The number of hydrogen-bond acceptors (Lipinski definition) is 4. The lowest BCUT2D eigenvalue weighted by Crippen LogP contribution is -2.15. The zero-order valence-electron chi connectivity index (χ0n) is 9.36. The highest BCUT2D eigenvalue weighted by molar-refractivity contribution is 5.90. The van der Waals surface area contributed by atoms with Crippen LogP contribution in [0.4, 0.5) is 5.69 Å². The van der Waals surface area contributed by atoms with Gasteiger partial charge in [0, 0.05) is 5.69 Å². The number of esters is 1. The molecular formula is C12H14N2O2. The Bertz CT molecular complexity index is 435. The quantitative estimate of drug-likeness (QED) is 0.622. The monoisotopic (exact) mass is 218 g/mol. The molecule has 1 rings (SSSR count). The van der Waals surface area contributed by atoms with E-state index in [0.717, 1.165) is 5.56 Å². The first-order valence-electron chi connectivity index (χ1n) is 5.05. The van der Waals surface area contributed by atoms with Gasteiger partial charge in [-0.25, -0.2) is 4.79 Å². The summed E-state index contributed by atoms with van der Waals surface area (Å²) in [6, 6.07) is 6.85. The normalized spacial score (nSPS) is 11.6. The number of anilines is 1. The molecule has 0 aromatic heterocycles. The van der Waals surface area contributed by atoms with Crippen LogP contribution in [0.5, 0.6) is 0 Å². The van der Waals surface area contributed by atoms with Crippen LogP contribution in [0.25, 0.3) is 0 Å². The molecule has 0 aliphatic carbocycles. The summed E-state index contributed by atoms with van der Waals surface area (Å²) >= 11 is 0. The summed E-state index contributed by atoms with van der Waals surface area (Å²) in [6.07, 6.45) is -0.223. The van der Waals surface area contributed by atoms with Crippen molar-refractivity contribution >= 4 is 11.7 Å². The predicted octanol–water partition coefficient (Wildman–Crippen LogP) is 2.04. The molecule has 0 spiro atoms. The second-order valence-corrected chi connectivity index (χ2v) is 3.50. The van der Waals surface area contributed by atoms with Crippen molar-refractivity contribution in [2.24, 2.45) is 0 Å². The fourth-order valence-electron chi connectivity index (χ4n) is 1.17. The number of nitrogens with two attached hydrogens (primary N) is 1. The van der Waals surface area contributed by atoms with Gasteiger partial charge in [0.05, 0.1) is 5.56 Å². The lowest BCUT2D eigenvalue weighted by Gasteiger charge is -2.09. The molecule has 84 valence electrons. The molecule has 4 nitrogen and oxygen atoms in total. The Morgan fingerprint density at radius 2 is 2.31 bits per heavy atom. The molecular weight excluding hydrogens is 204 g/mol. The van der Waals surface area contributed by atoms with Gasteiger partial charge in [-0.1, -0.05) is 13.0 Å². The van der Waals surface area contributed by atoms with Crippen molar-refractivity contribution in [3.8, 4) is 6.07 Å². The molecule has 1 aromatic rings. The van der Waals surface area contributed by atoms with E-state index in [1.807, 2.05) is 13.0 Å². The van der Waals surface area contributed by atoms with Gasteiger partial charge in [0.2, 0.25) is 0 Å². The lowest BCUT2D eigenvalue weighted by atomic mass is 10.1. The smallest absolute Gasteiger partial charge is 0.339 e. The Labute approximate surface area is 94.6 Å². The fraction of sp³-hybridized carbons (Fsp3) is 0.333. The standard InChI is InChI=1S/C12H14N2O2/c1-3-10(7-13)16-12(15)9-5-4-8(2)11(14)6-9/h4-6,10H,3,14H2,1-2H3. The van der Waals surface area contributed by atoms with Crippen LogP contribution in [0.2, 0.25) is 0 Å². The van der Waals surface area contributed by atoms with E-state index < -0.39 is 12.1 Å². The molecule has 0 aliphatic rings. The number of nitrogens with zero attached hydrogens (tertiary/aromatic N) is 1. The van der Waals surface area contributed by atoms with Gasteiger partial charge in [-0.05, 0) is 31.0 Å². The van der Waals surface area contributed by atoms with Gasteiger partial charge in [-0.15, -0.1) is 0 Å². The number of hydrogen-bond donors (Lipinski definition) is 1. The van der Waals surface area contributed by atoms with E-state index in [1.165, 1.54) is 0 Å². The van der Waals surface area contributed by atoms with E-state index in [2.05, 4.69) is 0 Å². The minimum absolute atomic E-state index is 0.372. The summed E-state index contributed by atoms with van der Waals surface area (Å²) in [5.41, 5.74) is 7.50. The summed E-state index contributed by atoms with van der Waals surface area (Å²) in [5, 5.41) is 8.67. The van der Waals surface area contributed by atoms with Crippen LogP contribution >= 0.6 is 0 Å². The van der Waals surface area contributed by atoms with E-state index in [1.54, 1.807) is 25.1 Å². The topological polar surface area (TPSA) is 76.1 Å². The Balaban J connectivity index is 2.81. The molecule has 0 saturated heterocycles. The molecule has 1 aromatic carbocycles. The average molecular weight is 218 g/mol. The molecule has 0 fully saturated rings. The highest BCUT2D eigenvalue weighted by Gasteiger charge is 2.13. The van der Waals surface area contributed by atoms with Crippen LogP contribution < -0.4 is 5.73 Å². The SMILES string of the molecule is CCC(C#N)OC(=O)c1ccc(C)c(N)c1. The highest BCUT2D eigenvalue weighted by atomic mass is 16.5. The Morgan fingerprint density at radius 3 is 2.81 bits per heavy atom. The average Bonchev–Trinajstić information content (AvgIpc) is 2.29. The van der Waals surface area contributed by atoms with Gasteiger partial charge >= 0.3 is 5.97 Å². The highest BCUT2D eigenvalue weighted by Crippen LogP contribution is 2.14. The first-order valence-corrected chi connectivity index (χ1v) is 5.05. The van der Waals surface area contributed by atoms with Crippen LogP contribution in [0.1, 0.15) is 29.3 Å². The Hall–Kier alpha value is -2.02. The van der Waals surface area contributed by atoms with Gasteiger partial charge in [0.1, 0.15) is 6.07 Å². The van der Waals surface area contributed by atoms with Crippen molar-refractivity contribution in [1.29, 1.82) is 5.26 Å². The lowest BCUT2D eigenvalue weighted by molar-refractivity contribution is 0.0401. The van der Waals surface area contributed by atoms with Crippen molar-refractivity contribution in [2.45, 2.75) is 26.4 Å². The summed E-state index contributed by atoms with van der Waals surface area (Å²) < 4.78 is 4.97. The van der Waals surface area contributed by atoms with Crippen molar-refractivity contribution in [2.75, 3.05) is 5.73 Å². The number of nitriles is 1. The molecule has 16 heavy (non-hydrogen) atoms. The van der Waals surface area contributed by atoms with Crippen LogP contribution in [0.3, 0.4) is 0 Å². The molecule has 2 N–H and O–H groups in total. The molecule has 0 bridgehead atoms. The number of carbonyl (C=O) groups is 1. The summed E-state index contributed by atoms with van der Waals surface area (Å²) in [5.74, 6) is -0.514. The second-order valence-electron chi connectivity index (χ2n) is 3.50. The molecule has 0 radical (unpaired) electrons. The zero-order valence-corrected chi connectivity index (χ0v) is 9.36. The van der Waals surface area contributed by atoms with Crippen molar-refractivity contribution < 1.29 is 9.53 Å². The predicted molar refractivity (Wildman–Crippen MR) is 60.7 cm³/mol. The van der Waals surface area contributed by atoms with Crippen LogP contribution in [-0.4, -0.2) is 12.1 Å². The Morgan fingerprint density at radius 1 is 1.62 bits per heavy atom. The molecule has 0 amide bonds. The number of ether oxygens (including phenoxy) is 1. The van der Waals surface area contributed by atoms with E-state index in [4.69, 9.17) is 15.7 Å². The third-order valence-corrected chi connectivity index (χ3v) is 2.28. The second kappa shape index (κ2) is 5.17. The Kier molecular flexibility index (Phi) is 3.90. The number of aryl methyl sites for hydroxylation is 1. The maximum Gasteiger partial charge on any atom is 0.339 e. The summed E-state index contributed by atoms with van der Waals surface area (Å²) in [6.45, 7) is 3.64. The molecule has 0 heterocycles. The van der Waals surface area contributed by atoms with E-state index in [9.17, 15) is 4.79 Å². The number of carbonyl (C=O) groups excluding carboxylic acids is 1. The van der Waals surface area contributed by atoms with Gasteiger partial charge < -0.3 is 10.5 Å². The van der Waals surface area contributed by atoms with Gasteiger partial charge in [0.15, 0.2) is 6.10 Å². The van der Waals surface area contributed by atoms with Gasteiger partial charge in [-0.2, -0.15) is 5.26 Å². The molecule has 0 saturated carbocycles. The number of rotatable bonds is 3. The molecule has 4 heteroatoms. The van der Waals surface area contributed by atoms with Crippen molar-refractivity contribution in [1.82, 2.24) is 0 Å². The summed E-state index contributed by atoms with van der Waals surface area (Å²) in [7, 11) is 0. The number of benzene rings is 1. The van der Waals surface area contributed by atoms with E-state index >= 15 is 0 Å². The first kappa shape index (κ1) is 12.1. The van der Waals surface area contributed by atoms with Crippen LogP contribution in [-0.2, 0) is 4.74 Å². The third-order valence-electron chi connectivity index (χ3n) is 2.28. The van der Waals surface area contributed by atoms with E-state index in [-0.39, 0.29) is 0 Å². The van der Waals surface area contributed by atoms with Crippen molar-refractivity contribution in [3.63, 3.8) is 0 Å². The molecule has 1 unspecified atom stereocenters. The molecule has 0 aliphatic heterocycles. The van der Waals surface area contributed by atoms with Gasteiger partial charge in [0.25, 0.3) is 0 Å². The maximum absolute atomic E-state index is 11.6. The van der Waals surface area contributed by atoms with Crippen LogP contribution in [0, 0.1) is 18.3 Å².